The molecule has 2 atom stereocenters. The summed E-state index contributed by atoms with van der Waals surface area (Å²) in [5.74, 6) is -0.0236. The third kappa shape index (κ3) is 4.02. The van der Waals surface area contributed by atoms with Crippen molar-refractivity contribution in [3.8, 4) is 5.75 Å². The maximum atomic E-state index is 11.2. The van der Waals surface area contributed by atoms with Gasteiger partial charge in [0.25, 0.3) is 0 Å². The molecule has 3 aromatic rings. The summed E-state index contributed by atoms with van der Waals surface area (Å²) in [7, 11) is -2.79. The van der Waals surface area contributed by atoms with Crippen LogP contribution in [0.4, 0.5) is 0 Å². The van der Waals surface area contributed by atoms with Gasteiger partial charge in [0, 0.05) is 31.7 Å². The first-order chi connectivity index (χ1) is 12.1. The zero-order valence-electron chi connectivity index (χ0n) is 13.0. The van der Waals surface area contributed by atoms with Crippen LogP contribution in [-0.4, -0.2) is 4.89 Å². The Kier molecular flexibility index (Phi) is 5.72. The van der Waals surface area contributed by atoms with Crippen LogP contribution in [0.1, 0.15) is 22.6 Å². The Labute approximate surface area is 156 Å². The molecule has 2 unspecified atom stereocenters. The van der Waals surface area contributed by atoms with Gasteiger partial charge >= 0.3 is 8.25 Å². The van der Waals surface area contributed by atoms with Gasteiger partial charge in [0.2, 0.25) is 0 Å². The van der Waals surface area contributed by atoms with Crippen molar-refractivity contribution in [1.82, 2.24) is 0 Å². The average molecular weight is 392 g/mol. The molecule has 0 radical (unpaired) electrons. The first kappa shape index (κ1) is 17.9. The van der Waals surface area contributed by atoms with Gasteiger partial charge in [-0.2, -0.15) is 0 Å². The van der Waals surface area contributed by atoms with E-state index in [1.165, 1.54) is 0 Å². The molecule has 3 aromatic carbocycles. The predicted octanol–water partition coefficient (Wildman–Crippen LogP) is 6.20. The van der Waals surface area contributed by atoms with E-state index in [4.69, 9.17) is 27.7 Å². The standard InChI is InChI=1S/C19H13Cl2O3P/c20-15-10-6-11-16(21)19(15)18(13-7-2-1-3-8-13)14-9-4-5-12-17(14)24-25(22)23/h1-12,18H/p+1. The molecule has 0 saturated heterocycles. The molecule has 0 amide bonds. The summed E-state index contributed by atoms with van der Waals surface area (Å²) in [5, 5.41) is 1.04. The minimum absolute atomic E-state index is 0.316. The van der Waals surface area contributed by atoms with Crippen LogP contribution in [0.3, 0.4) is 0 Å². The zero-order valence-corrected chi connectivity index (χ0v) is 15.4. The van der Waals surface area contributed by atoms with Gasteiger partial charge in [0.15, 0.2) is 5.75 Å². The zero-order chi connectivity index (χ0) is 17.8. The van der Waals surface area contributed by atoms with E-state index in [0.29, 0.717) is 21.4 Å². The third-order valence-corrected chi connectivity index (χ3v) is 4.84. The Balaban J connectivity index is 2.26. The molecule has 0 aliphatic rings. The molecule has 0 bridgehead atoms. The molecule has 0 spiro atoms. The number of hydrogen-bond donors (Lipinski definition) is 1. The minimum Gasteiger partial charge on any atom is -0.229 e. The van der Waals surface area contributed by atoms with E-state index in [1.807, 2.05) is 42.5 Å². The second kappa shape index (κ2) is 7.99. The number of benzene rings is 3. The van der Waals surface area contributed by atoms with Crippen LogP contribution in [0, 0.1) is 0 Å². The molecular formula is C19H14Cl2O3P+. The molecule has 3 nitrogen and oxygen atoms in total. The summed E-state index contributed by atoms with van der Waals surface area (Å²) in [6, 6.07) is 22.1. The van der Waals surface area contributed by atoms with E-state index in [0.717, 1.165) is 11.1 Å². The van der Waals surface area contributed by atoms with Crippen LogP contribution in [0.2, 0.25) is 10.0 Å². The fourth-order valence-electron chi connectivity index (χ4n) is 2.82. The number of halogens is 2. The Morgan fingerprint density at radius 3 is 2.08 bits per heavy atom. The minimum atomic E-state index is -2.79. The number of hydrogen-bond acceptors (Lipinski definition) is 2. The second-order valence-electron chi connectivity index (χ2n) is 5.35. The van der Waals surface area contributed by atoms with Crippen molar-refractivity contribution in [2.75, 3.05) is 0 Å². The lowest BCUT2D eigenvalue weighted by Crippen LogP contribution is -2.06. The molecule has 0 aliphatic carbocycles. The van der Waals surface area contributed by atoms with Gasteiger partial charge in [0.05, 0.1) is 0 Å². The highest BCUT2D eigenvalue weighted by atomic mass is 35.5. The molecule has 0 saturated carbocycles. The van der Waals surface area contributed by atoms with Gasteiger partial charge in [0.1, 0.15) is 0 Å². The van der Waals surface area contributed by atoms with Crippen LogP contribution in [0.5, 0.6) is 5.75 Å². The summed E-state index contributed by atoms with van der Waals surface area (Å²) in [5.41, 5.74) is 2.38. The summed E-state index contributed by atoms with van der Waals surface area (Å²) < 4.78 is 16.4. The van der Waals surface area contributed by atoms with Gasteiger partial charge in [-0.05, 0) is 23.8 Å². The number of rotatable bonds is 5. The van der Waals surface area contributed by atoms with Gasteiger partial charge in [-0.15, -0.1) is 4.89 Å². The highest BCUT2D eigenvalue weighted by Crippen LogP contribution is 2.44. The molecule has 0 heterocycles. The molecule has 3 rings (SSSR count). The molecule has 0 aliphatic heterocycles. The van der Waals surface area contributed by atoms with E-state index in [9.17, 15) is 9.46 Å². The smallest absolute Gasteiger partial charge is 0.229 e. The largest absolute Gasteiger partial charge is 0.747 e. The first-order valence-corrected chi connectivity index (χ1v) is 9.38. The van der Waals surface area contributed by atoms with Crippen molar-refractivity contribution in [2.24, 2.45) is 0 Å². The normalized spacial score (nSPS) is 12.5. The first-order valence-electron chi connectivity index (χ1n) is 7.50. The lowest BCUT2D eigenvalue weighted by Gasteiger charge is -2.22. The van der Waals surface area contributed by atoms with E-state index in [-0.39, 0.29) is 5.92 Å². The summed E-state index contributed by atoms with van der Waals surface area (Å²) in [6.45, 7) is 0. The monoisotopic (exact) mass is 391 g/mol. The van der Waals surface area contributed by atoms with E-state index >= 15 is 0 Å². The lowest BCUT2D eigenvalue weighted by molar-refractivity contribution is 0.408. The summed E-state index contributed by atoms with van der Waals surface area (Å²) >= 11 is 12.9. The average Bonchev–Trinajstić information content (AvgIpc) is 2.59. The highest BCUT2D eigenvalue weighted by molar-refractivity contribution is 7.32. The van der Waals surface area contributed by atoms with Crippen LogP contribution < -0.4 is 4.52 Å². The molecular weight excluding hydrogens is 378 g/mol. The SMILES string of the molecule is O=[P+](O)Oc1ccccc1C(c1ccccc1)c1c(Cl)cccc1Cl. The predicted molar refractivity (Wildman–Crippen MR) is 101 cm³/mol. The van der Waals surface area contributed by atoms with Crippen molar-refractivity contribution in [1.29, 1.82) is 0 Å². The summed E-state index contributed by atoms with van der Waals surface area (Å²) in [6.07, 6.45) is 0. The van der Waals surface area contributed by atoms with Gasteiger partial charge in [-0.1, -0.05) is 77.8 Å². The van der Waals surface area contributed by atoms with Crippen LogP contribution in [-0.2, 0) is 4.57 Å². The third-order valence-electron chi connectivity index (χ3n) is 3.83. The van der Waals surface area contributed by atoms with E-state index in [1.54, 1.807) is 30.3 Å². The molecule has 1 N–H and O–H groups in total. The van der Waals surface area contributed by atoms with E-state index < -0.39 is 8.25 Å². The van der Waals surface area contributed by atoms with Crippen molar-refractivity contribution >= 4 is 31.5 Å². The molecule has 126 valence electrons. The Hall–Kier alpha value is -1.90. The fourth-order valence-corrected chi connectivity index (χ4v) is 3.77. The molecule has 0 aromatic heterocycles. The van der Waals surface area contributed by atoms with Gasteiger partial charge in [-0.25, -0.2) is 4.52 Å². The van der Waals surface area contributed by atoms with Gasteiger partial charge in [-0.3, -0.25) is 0 Å². The Morgan fingerprint density at radius 1 is 0.840 bits per heavy atom. The highest BCUT2D eigenvalue weighted by Gasteiger charge is 2.27. The maximum absolute atomic E-state index is 11.2. The van der Waals surface area contributed by atoms with Crippen LogP contribution in [0.25, 0.3) is 0 Å². The lowest BCUT2D eigenvalue weighted by atomic mass is 9.84. The Bertz CT molecular complexity index is 880. The summed E-state index contributed by atoms with van der Waals surface area (Å²) in [4.78, 5) is 9.20. The Morgan fingerprint density at radius 2 is 1.44 bits per heavy atom. The van der Waals surface area contributed by atoms with Crippen molar-refractivity contribution in [2.45, 2.75) is 5.92 Å². The van der Waals surface area contributed by atoms with Gasteiger partial charge < -0.3 is 0 Å². The van der Waals surface area contributed by atoms with Crippen LogP contribution in [0.15, 0.2) is 72.8 Å². The molecule has 6 heteroatoms. The topological polar surface area (TPSA) is 46.5 Å². The molecule has 0 fully saturated rings. The molecule has 25 heavy (non-hydrogen) atoms. The van der Waals surface area contributed by atoms with Crippen molar-refractivity contribution in [3.05, 3.63) is 99.5 Å². The van der Waals surface area contributed by atoms with Crippen LogP contribution >= 0.6 is 31.5 Å². The van der Waals surface area contributed by atoms with Crippen molar-refractivity contribution in [3.63, 3.8) is 0 Å². The quantitative estimate of drug-likeness (QED) is 0.415. The van der Waals surface area contributed by atoms with E-state index in [2.05, 4.69) is 0 Å². The van der Waals surface area contributed by atoms with Crippen molar-refractivity contribution < 1.29 is 14.0 Å². The second-order valence-corrected chi connectivity index (χ2v) is 6.82. The maximum Gasteiger partial charge on any atom is 0.747 e. The number of para-hydroxylation sites is 1. The fraction of sp³-hybridized carbons (Fsp3) is 0.0526.